The summed E-state index contributed by atoms with van der Waals surface area (Å²) in [5.41, 5.74) is 2.43. The van der Waals surface area contributed by atoms with Crippen LogP contribution < -0.4 is 0 Å². The van der Waals surface area contributed by atoms with E-state index >= 15 is 4.39 Å². The first-order valence-corrected chi connectivity index (χ1v) is 16.4. The van der Waals surface area contributed by atoms with Gasteiger partial charge in [-0.2, -0.15) is 0 Å². The van der Waals surface area contributed by atoms with E-state index in [9.17, 15) is 9.59 Å². The van der Waals surface area contributed by atoms with Crippen molar-refractivity contribution in [1.29, 1.82) is 0 Å². The van der Waals surface area contributed by atoms with E-state index in [2.05, 4.69) is 47.3 Å². The highest BCUT2D eigenvalue weighted by Crippen LogP contribution is 2.76. The number of allylic oxidation sites excluding steroid dienone is 3. The van der Waals surface area contributed by atoms with Gasteiger partial charge in [0.2, 0.25) is 0 Å². The second kappa shape index (κ2) is 10.7. The number of hydrogen-bond donors (Lipinski definition) is 0. The van der Waals surface area contributed by atoms with Gasteiger partial charge in [0.1, 0.15) is 12.1 Å². The second-order valence-electron chi connectivity index (χ2n) is 15.7. The number of carbonyl (C=O) groups is 2. The predicted octanol–water partition coefficient (Wildman–Crippen LogP) is 9.85. The molecule has 0 aliphatic heterocycles. The molecule has 3 nitrogen and oxygen atoms in total. The Morgan fingerprint density at radius 2 is 1.67 bits per heavy atom. The zero-order chi connectivity index (χ0) is 30.7. The Balaban J connectivity index is 0.00000113. The van der Waals surface area contributed by atoms with Crippen LogP contribution in [0, 0.1) is 56.6 Å². The number of methoxy groups -OCH3 is 1. The normalized spacial score (nSPS) is 41.4. The van der Waals surface area contributed by atoms with Gasteiger partial charge in [-0.3, -0.25) is 0 Å². The third kappa shape index (κ3) is 4.24. The summed E-state index contributed by atoms with van der Waals surface area (Å²) < 4.78 is 20.3. The number of fused-ring (bicyclic) bond motifs is 7. The lowest BCUT2D eigenvalue weighted by molar-refractivity contribution is -0.220. The van der Waals surface area contributed by atoms with E-state index in [0.29, 0.717) is 29.2 Å². The summed E-state index contributed by atoms with van der Waals surface area (Å²) in [6, 6.07) is 4.80. The van der Waals surface area contributed by atoms with Gasteiger partial charge in [-0.25, -0.2) is 9.18 Å². The van der Waals surface area contributed by atoms with E-state index in [1.807, 2.05) is 6.92 Å². The van der Waals surface area contributed by atoms with Crippen LogP contribution in [0.15, 0.2) is 36.9 Å². The van der Waals surface area contributed by atoms with E-state index in [4.69, 9.17) is 4.74 Å². The summed E-state index contributed by atoms with van der Waals surface area (Å²) in [5, 5.41) is 0. The Hall–Kier alpha value is -2.23. The first kappa shape index (κ1) is 31.2. The Labute approximate surface area is 253 Å². The molecule has 0 aromatic heterocycles. The number of rotatable bonds is 3. The molecule has 0 bridgehead atoms. The van der Waals surface area contributed by atoms with Crippen LogP contribution in [0.3, 0.4) is 0 Å². The number of ether oxygens (including phenoxy) is 1. The Morgan fingerprint density at radius 1 is 0.952 bits per heavy atom. The van der Waals surface area contributed by atoms with E-state index in [0.717, 1.165) is 31.3 Å². The summed E-state index contributed by atoms with van der Waals surface area (Å²) in [4.78, 5) is 24.4. The third-order valence-corrected chi connectivity index (χ3v) is 13.9. The fourth-order valence-electron chi connectivity index (χ4n) is 11.9. The van der Waals surface area contributed by atoms with Crippen LogP contribution in [0.4, 0.5) is 4.39 Å². The highest BCUT2D eigenvalue weighted by atomic mass is 19.1. The van der Waals surface area contributed by atoms with Crippen molar-refractivity contribution in [3.63, 3.8) is 0 Å². The molecule has 42 heavy (non-hydrogen) atoms. The summed E-state index contributed by atoms with van der Waals surface area (Å²) in [7, 11) is 1.33. The number of hydrogen-bond acceptors (Lipinski definition) is 3. The topological polar surface area (TPSA) is 43.4 Å². The van der Waals surface area contributed by atoms with Crippen LogP contribution in [0.5, 0.6) is 0 Å². The van der Waals surface area contributed by atoms with E-state index in [-0.39, 0.29) is 38.5 Å². The standard InChI is InChI=1S/C35H47FO3.C3H6/c1-31(2)24(23-10-9-22(20-27(23)36)30(38)39-6)13-16-32(3)28(31)14-17-34(5)29(32)12-11-25-26-8-7-15-35(26,21-37)19-18-33(25,34)4;1-3-2/h9-10,13,20-21,25-26,28-29H,7-8,11-12,14-19H2,1-6H3;3H,1H2,2H3/t25?,26?,28?,29?,32?,33-,34?,35?;/m1./s1. The molecule has 0 saturated heterocycles. The first-order valence-electron chi connectivity index (χ1n) is 16.4. The molecular formula is C38H53FO3. The highest BCUT2D eigenvalue weighted by molar-refractivity contribution is 5.90. The maximum Gasteiger partial charge on any atom is 0.337 e. The van der Waals surface area contributed by atoms with Crippen molar-refractivity contribution < 1.29 is 18.7 Å². The molecule has 0 spiro atoms. The Morgan fingerprint density at radius 3 is 2.31 bits per heavy atom. The summed E-state index contributed by atoms with van der Waals surface area (Å²) in [6.07, 6.45) is 17.1. The third-order valence-electron chi connectivity index (χ3n) is 13.9. The van der Waals surface area contributed by atoms with E-state index in [1.54, 1.807) is 18.2 Å². The fourth-order valence-corrected chi connectivity index (χ4v) is 11.9. The number of esters is 1. The molecule has 0 radical (unpaired) electrons. The van der Waals surface area contributed by atoms with E-state index < -0.39 is 5.97 Å². The average Bonchev–Trinajstić information content (AvgIpc) is 3.38. The monoisotopic (exact) mass is 576 g/mol. The molecule has 8 atom stereocenters. The van der Waals surface area contributed by atoms with Gasteiger partial charge >= 0.3 is 5.97 Å². The molecule has 1 aromatic carbocycles. The van der Waals surface area contributed by atoms with Crippen LogP contribution in [0.25, 0.3) is 5.57 Å². The van der Waals surface area contributed by atoms with Crippen molar-refractivity contribution in [3.8, 4) is 0 Å². The van der Waals surface area contributed by atoms with Gasteiger partial charge in [0.15, 0.2) is 0 Å². The van der Waals surface area contributed by atoms with Crippen molar-refractivity contribution in [3.05, 3.63) is 53.9 Å². The zero-order valence-electron chi connectivity index (χ0n) is 27.2. The maximum absolute atomic E-state index is 15.5. The molecule has 6 rings (SSSR count). The van der Waals surface area contributed by atoms with Gasteiger partial charge in [-0.15, -0.1) is 6.58 Å². The molecule has 0 N–H and O–H groups in total. The van der Waals surface area contributed by atoms with Crippen molar-refractivity contribution >= 4 is 17.8 Å². The molecule has 230 valence electrons. The summed E-state index contributed by atoms with van der Waals surface area (Å²) in [6.45, 7) is 17.7. The quantitative estimate of drug-likeness (QED) is 0.204. The minimum atomic E-state index is -0.508. The van der Waals surface area contributed by atoms with Crippen LogP contribution in [0.2, 0.25) is 0 Å². The number of halogens is 1. The van der Waals surface area contributed by atoms with Gasteiger partial charge in [0.05, 0.1) is 12.7 Å². The molecule has 1 aromatic rings. The van der Waals surface area contributed by atoms with E-state index in [1.165, 1.54) is 58.0 Å². The molecule has 0 heterocycles. The highest BCUT2D eigenvalue weighted by Gasteiger charge is 2.69. The lowest BCUT2D eigenvalue weighted by Gasteiger charge is -2.72. The van der Waals surface area contributed by atoms with Crippen LogP contribution in [-0.2, 0) is 9.53 Å². The lowest BCUT2D eigenvalue weighted by atomic mass is 9.33. The molecule has 0 amide bonds. The SMILES string of the molecule is C=CC.COC(=O)c1ccc(C2=CCC3(C)C(CCC4(C)C3CCC3C5CCCC5(C=O)CC[C@]34C)C2(C)C)c(F)c1. The lowest BCUT2D eigenvalue weighted by Crippen LogP contribution is -2.65. The van der Waals surface area contributed by atoms with Crippen molar-refractivity contribution in [2.75, 3.05) is 7.11 Å². The average molecular weight is 577 g/mol. The molecule has 4 saturated carbocycles. The maximum atomic E-state index is 15.5. The molecule has 5 aliphatic carbocycles. The van der Waals surface area contributed by atoms with Crippen molar-refractivity contribution in [2.24, 2.45) is 50.7 Å². The predicted molar refractivity (Wildman–Crippen MR) is 168 cm³/mol. The second-order valence-corrected chi connectivity index (χ2v) is 15.7. The smallest absolute Gasteiger partial charge is 0.337 e. The van der Waals surface area contributed by atoms with Gasteiger partial charge < -0.3 is 9.53 Å². The Bertz CT molecular complexity index is 1280. The van der Waals surface area contributed by atoms with Gasteiger partial charge in [-0.05, 0) is 128 Å². The fraction of sp³-hybridized carbons (Fsp3) is 0.684. The molecular weight excluding hydrogens is 523 g/mol. The number of carbonyl (C=O) groups excluding carboxylic acids is 2. The van der Waals surface area contributed by atoms with Crippen LogP contribution in [0.1, 0.15) is 122 Å². The number of aldehydes is 1. The first-order chi connectivity index (χ1) is 19.8. The van der Waals surface area contributed by atoms with Crippen LogP contribution in [-0.4, -0.2) is 19.4 Å². The summed E-state index contributed by atoms with van der Waals surface area (Å²) >= 11 is 0. The van der Waals surface area contributed by atoms with Crippen molar-refractivity contribution in [2.45, 2.75) is 106 Å². The molecule has 4 fully saturated rings. The van der Waals surface area contributed by atoms with Crippen LogP contribution >= 0.6 is 0 Å². The van der Waals surface area contributed by atoms with Gasteiger partial charge in [-0.1, -0.05) is 59.3 Å². The Kier molecular flexibility index (Phi) is 7.98. The molecule has 4 heteroatoms. The van der Waals surface area contributed by atoms with Gasteiger partial charge in [0, 0.05) is 11.0 Å². The minimum Gasteiger partial charge on any atom is -0.465 e. The largest absolute Gasteiger partial charge is 0.465 e. The zero-order valence-corrected chi connectivity index (χ0v) is 27.2. The number of benzene rings is 1. The van der Waals surface area contributed by atoms with Crippen molar-refractivity contribution in [1.82, 2.24) is 0 Å². The summed E-state index contributed by atoms with van der Waals surface area (Å²) in [5.74, 6) is 1.47. The van der Waals surface area contributed by atoms with Gasteiger partial charge in [0.25, 0.3) is 0 Å². The minimum absolute atomic E-state index is 0.0492. The molecule has 7 unspecified atom stereocenters. The molecule has 5 aliphatic rings.